The first-order valence-corrected chi connectivity index (χ1v) is 9.58. The van der Waals surface area contributed by atoms with Crippen LogP contribution in [0.1, 0.15) is 25.0 Å². The Morgan fingerprint density at radius 1 is 1.07 bits per heavy atom. The topological polar surface area (TPSA) is 74.0 Å². The first-order valence-electron chi connectivity index (χ1n) is 9.20. The van der Waals surface area contributed by atoms with Crippen LogP contribution in [-0.2, 0) is 16.0 Å². The van der Waals surface area contributed by atoms with Gasteiger partial charge in [0.1, 0.15) is 5.41 Å². The molecule has 28 heavy (non-hydrogen) atoms. The number of aromatic amines is 1. The number of nitrogens with one attached hydrogen (secondary N) is 3. The Kier molecular flexibility index (Phi) is 5.75. The van der Waals surface area contributed by atoms with Crippen molar-refractivity contribution in [1.82, 2.24) is 10.3 Å². The third-order valence-corrected chi connectivity index (χ3v) is 5.42. The van der Waals surface area contributed by atoms with Gasteiger partial charge in [-0.2, -0.15) is 0 Å². The summed E-state index contributed by atoms with van der Waals surface area (Å²) in [7, 11) is 0. The van der Waals surface area contributed by atoms with Gasteiger partial charge >= 0.3 is 0 Å². The Balaban J connectivity index is 1.60. The third kappa shape index (κ3) is 4.04. The monoisotopic (exact) mass is 397 g/mol. The molecule has 0 radical (unpaired) electrons. The number of anilines is 1. The quantitative estimate of drug-likeness (QED) is 0.537. The van der Waals surface area contributed by atoms with Crippen molar-refractivity contribution in [3.8, 4) is 0 Å². The average Bonchev–Trinajstić information content (AvgIpc) is 3.08. The second-order valence-corrected chi connectivity index (χ2v) is 7.76. The summed E-state index contributed by atoms with van der Waals surface area (Å²) >= 11 is 6.10. The number of rotatable bonds is 6. The number of amides is 2. The molecular weight excluding hydrogens is 374 g/mol. The van der Waals surface area contributed by atoms with Crippen LogP contribution in [0.4, 0.5) is 5.69 Å². The van der Waals surface area contributed by atoms with Crippen molar-refractivity contribution in [1.29, 1.82) is 0 Å². The Labute approximate surface area is 169 Å². The summed E-state index contributed by atoms with van der Waals surface area (Å²) in [5, 5.41) is 7.40. The minimum Gasteiger partial charge on any atom is -0.361 e. The van der Waals surface area contributed by atoms with Gasteiger partial charge in [-0.1, -0.05) is 35.9 Å². The molecule has 5 nitrogen and oxygen atoms in total. The number of carbonyl (C=O) groups is 2. The molecule has 1 heterocycles. The van der Waals surface area contributed by atoms with Crippen LogP contribution >= 0.6 is 11.6 Å². The fraction of sp³-hybridized carbons (Fsp3) is 0.273. The molecule has 6 heteroatoms. The van der Waals surface area contributed by atoms with E-state index in [-0.39, 0.29) is 11.8 Å². The number of hydrogen-bond donors (Lipinski definition) is 3. The van der Waals surface area contributed by atoms with Crippen molar-refractivity contribution in [3.63, 3.8) is 0 Å². The predicted octanol–water partition coefficient (Wildman–Crippen LogP) is 4.45. The lowest BCUT2D eigenvalue weighted by Gasteiger charge is -2.23. The zero-order chi connectivity index (χ0) is 20.3. The molecule has 2 aromatic carbocycles. The summed E-state index contributed by atoms with van der Waals surface area (Å²) in [6.45, 7) is 5.51. The molecule has 0 saturated heterocycles. The van der Waals surface area contributed by atoms with E-state index in [2.05, 4.69) is 15.6 Å². The number of aromatic nitrogens is 1. The summed E-state index contributed by atoms with van der Waals surface area (Å²) in [6.07, 6.45) is 2.64. The molecule has 0 unspecified atom stereocenters. The molecule has 0 saturated carbocycles. The highest BCUT2D eigenvalue weighted by Crippen LogP contribution is 2.26. The van der Waals surface area contributed by atoms with Crippen LogP contribution in [0.3, 0.4) is 0 Å². The van der Waals surface area contributed by atoms with Gasteiger partial charge in [0.05, 0.1) is 0 Å². The molecular formula is C22H24ClN3O2. The lowest BCUT2D eigenvalue weighted by molar-refractivity contribution is -0.138. The van der Waals surface area contributed by atoms with Crippen molar-refractivity contribution in [3.05, 3.63) is 64.8 Å². The number of carbonyl (C=O) groups excluding carboxylic acids is 2. The van der Waals surface area contributed by atoms with E-state index in [4.69, 9.17) is 11.6 Å². The third-order valence-electron chi connectivity index (χ3n) is 5.01. The summed E-state index contributed by atoms with van der Waals surface area (Å²) in [4.78, 5) is 28.5. The molecule has 0 aliphatic heterocycles. The van der Waals surface area contributed by atoms with Crippen molar-refractivity contribution in [2.45, 2.75) is 27.2 Å². The predicted molar refractivity (Wildman–Crippen MR) is 114 cm³/mol. The first kappa shape index (κ1) is 20.0. The van der Waals surface area contributed by atoms with Gasteiger partial charge < -0.3 is 15.6 Å². The largest absolute Gasteiger partial charge is 0.361 e. The van der Waals surface area contributed by atoms with E-state index in [1.165, 1.54) is 0 Å². The van der Waals surface area contributed by atoms with Crippen LogP contribution in [0.25, 0.3) is 10.9 Å². The summed E-state index contributed by atoms with van der Waals surface area (Å²) < 4.78 is 0. The molecule has 1 aromatic heterocycles. The number of halogens is 1. The molecule has 0 aliphatic carbocycles. The summed E-state index contributed by atoms with van der Waals surface area (Å²) in [5.74, 6) is -0.688. The lowest BCUT2D eigenvalue weighted by atomic mass is 9.90. The maximum atomic E-state index is 12.7. The van der Waals surface area contributed by atoms with Gasteiger partial charge in [0, 0.05) is 34.4 Å². The van der Waals surface area contributed by atoms with Crippen molar-refractivity contribution >= 4 is 40.0 Å². The highest BCUT2D eigenvalue weighted by molar-refractivity contribution is 6.31. The number of hydrogen-bond acceptors (Lipinski definition) is 2. The molecule has 3 aromatic rings. The van der Waals surface area contributed by atoms with E-state index < -0.39 is 5.41 Å². The number of para-hydroxylation sites is 1. The van der Waals surface area contributed by atoms with Gasteiger partial charge in [-0.15, -0.1) is 0 Å². The molecule has 3 N–H and O–H groups in total. The minimum atomic E-state index is -1.21. The Morgan fingerprint density at radius 2 is 1.82 bits per heavy atom. The second-order valence-electron chi connectivity index (χ2n) is 7.36. The van der Waals surface area contributed by atoms with E-state index in [0.29, 0.717) is 23.7 Å². The summed E-state index contributed by atoms with van der Waals surface area (Å²) in [6, 6.07) is 13.3. The van der Waals surface area contributed by atoms with Crippen LogP contribution in [0, 0.1) is 12.3 Å². The van der Waals surface area contributed by atoms with Crippen molar-refractivity contribution in [2.75, 3.05) is 11.9 Å². The fourth-order valence-corrected chi connectivity index (χ4v) is 3.17. The molecule has 3 rings (SSSR count). The standard InChI is InChI=1S/C22H24ClN3O2/c1-14-17(23)8-6-10-18(14)26-21(28)22(2,3)20(27)24-12-11-15-13-25-19-9-5-4-7-16(15)19/h4-10,13,25H,11-12H2,1-3H3,(H,24,27)(H,26,28). The molecule has 0 aliphatic rings. The molecule has 0 spiro atoms. The number of H-pyrrole nitrogens is 1. The van der Waals surface area contributed by atoms with Crippen molar-refractivity contribution < 1.29 is 9.59 Å². The van der Waals surface area contributed by atoms with Gasteiger partial charge in [0.15, 0.2) is 0 Å². The molecule has 0 fully saturated rings. The van der Waals surface area contributed by atoms with Crippen molar-refractivity contribution in [2.24, 2.45) is 5.41 Å². The number of benzene rings is 2. The minimum absolute atomic E-state index is 0.315. The SMILES string of the molecule is Cc1c(Cl)cccc1NC(=O)C(C)(C)C(=O)NCCc1c[nH]c2ccccc12. The molecule has 0 bridgehead atoms. The lowest BCUT2D eigenvalue weighted by Crippen LogP contribution is -2.45. The van der Waals surface area contributed by atoms with Crippen LogP contribution < -0.4 is 10.6 Å². The Bertz CT molecular complexity index is 1020. The van der Waals surface area contributed by atoms with Crippen LogP contribution in [0.2, 0.25) is 5.02 Å². The zero-order valence-electron chi connectivity index (χ0n) is 16.2. The van der Waals surface area contributed by atoms with Gasteiger partial charge in [-0.05, 0) is 56.5 Å². The van der Waals surface area contributed by atoms with E-state index >= 15 is 0 Å². The highest BCUT2D eigenvalue weighted by atomic mass is 35.5. The highest BCUT2D eigenvalue weighted by Gasteiger charge is 2.36. The average molecular weight is 398 g/mol. The van der Waals surface area contributed by atoms with Crippen LogP contribution in [-0.4, -0.2) is 23.3 Å². The maximum Gasteiger partial charge on any atom is 0.239 e. The Hall–Kier alpha value is -2.79. The number of fused-ring (bicyclic) bond motifs is 1. The first-order chi connectivity index (χ1) is 13.3. The van der Waals surface area contributed by atoms with Crippen LogP contribution in [0.15, 0.2) is 48.7 Å². The van der Waals surface area contributed by atoms with Gasteiger partial charge in [0.2, 0.25) is 11.8 Å². The molecule has 0 atom stereocenters. The Morgan fingerprint density at radius 3 is 2.61 bits per heavy atom. The van der Waals surface area contributed by atoms with Gasteiger partial charge in [-0.25, -0.2) is 0 Å². The summed E-state index contributed by atoms with van der Waals surface area (Å²) in [5.41, 5.74) is 2.37. The van der Waals surface area contributed by atoms with Gasteiger partial charge in [-0.3, -0.25) is 9.59 Å². The van der Waals surface area contributed by atoms with E-state index in [1.54, 1.807) is 32.0 Å². The van der Waals surface area contributed by atoms with E-state index in [9.17, 15) is 9.59 Å². The van der Waals surface area contributed by atoms with Gasteiger partial charge in [0.25, 0.3) is 0 Å². The van der Waals surface area contributed by atoms with E-state index in [0.717, 1.165) is 22.0 Å². The fourth-order valence-electron chi connectivity index (χ4n) is 2.99. The molecule has 146 valence electrons. The zero-order valence-corrected chi connectivity index (χ0v) is 17.0. The molecule has 2 amide bonds. The smallest absolute Gasteiger partial charge is 0.239 e. The van der Waals surface area contributed by atoms with Crippen LogP contribution in [0.5, 0.6) is 0 Å². The maximum absolute atomic E-state index is 12.7. The normalized spacial score (nSPS) is 11.4. The van der Waals surface area contributed by atoms with E-state index in [1.807, 2.05) is 37.4 Å². The second kappa shape index (κ2) is 8.07.